The standard InChI is InChI=1S/C42H76O15P2/c1-3-5-7-8-9-10-11-12-13-14-18-21-25-31-41(46)53-35-40(36-56-59(51,52)55-34-39(45)33-54-58(48,49)50)57-42(47)32-26-30-38(44)29-24-20-17-15-16-19-23-28-37(43)27-22-6-4-2/h16-17,19-20,23-24,28-29,37-40,43-45H,3-15,18,21-22,25-27,30-36H2,1-2H3,(H,51,52)(H2,48,49,50)/b19-16-,20-17-,28-23+,29-24+/t37-,38-,39+,40-/m1/s1. The second-order valence-corrected chi connectivity index (χ2v) is 17.4. The zero-order chi connectivity index (χ0) is 44.0. The number of hydrogen-bond acceptors (Lipinski definition) is 12. The van der Waals surface area contributed by atoms with Crippen LogP contribution in [0.4, 0.5) is 0 Å². The van der Waals surface area contributed by atoms with Gasteiger partial charge < -0.3 is 39.5 Å². The van der Waals surface area contributed by atoms with E-state index >= 15 is 0 Å². The molecule has 6 N–H and O–H groups in total. The van der Waals surface area contributed by atoms with E-state index in [2.05, 4.69) is 22.9 Å². The highest BCUT2D eigenvalue weighted by molar-refractivity contribution is 7.47. The van der Waals surface area contributed by atoms with E-state index in [0.717, 1.165) is 44.9 Å². The largest absolute Gasteiger partial charge is 0.472 e. The van der Waals surface area contributed by atoms with Crippen LogP contribution in [0.15, 0.2) is 48.6 Å². The Morgan fingerprint density at radius 3 is 1.54 bits per heavy atom. The van der Waals surface area contributed by atoms with Crippen molar-refractivity contribution in [3.8, 4) is 0 Å². The molecular formula is C42H76O15P2. The molecule has 1 unspecified atom stereocenters. The molecule has 0 radical (unpaired) electrons. The van der Waals surface area contributed by atoms with Gasteiger partial charge in [-0.1, -0.05) is 159 Å². The topological polar surface area (TPSA) is 236 Å². The molecule has 0 aliphatic carbocycles. The van der Waals surface area contributed by atoms with Crippen LogP contribution in [0.25, 0.3) is 0 Å². The van der Waals surface area contributed by atoms with Crippen LogP contribution in [0.1, 0.15) is 155 Å². The summed E-state index contributed by atoms with van der Waals surface area (Å²) in [5.41, 5.74) is 0. The number of rotatable bonds is 40. The molecule has 0 rings (SSSR count). The van der Waals surface area contributed by atoms with Crippen LogP contribution in [-0.2, 0) is 41.8 Å². The maximum Gasteiger partial charge on any atom is 0.472 e. The Labute approximate surface area is 353 Å². The molecule has 0 aromatic carbocycles. The molecule has 5 atom stereocenters. The first-order chi connectivity index (χ1) is 28.2. The van der Waals surface area contributed by atoms with Gasteiger partial charge in [0, 0.05) is 12.8 Å². The Bertz CT molecular complexity index is 1270. The van der Waals surface area contributed by atoms with Gasteiger partial charge in [-0.3, -0.25) is 23.2 Å². The van der Waals surface area contributed by atoms with Gasteiger partial charge in [0.1, 0.15) is 12.7 Å². The van der Waals surface area contributed by atoms with Crippen LogP contribution in [0.5, 0.6) is 0 Å². The van der Waals surface area contributed by atoms with E-state index in [4.69, 9.17) is 23.8 Å². The first-order valence-electron chi connectivity index (χ1n) is 21.5. The van der Waals surface area contributed by atoms with E-state index in [1.54, 1.807) is 24.3 Å². The van der Waals surface area contributed by atoms with Crippen molar-refractivity contribution in [2.75, 3.05) is 26.4 Å². The molecule has 0 aromatic rings. The fraction of sp³-hybridized carbons (Fsp3) is 0.762. The van der Waals surface area contributed by atoms with Gasteiger partial charge in [0.15, 0.2) is 6.10 Å². The number of ether oxygens (including phenoxy) is 2. The van der Waals surface area contributed by atoms with Gasteiger partial charge >= 0.3 is 27.6 Å². The van der Waals surface area contributed by atoms with Crippen LogP contribution in [0.3, 0.4) is 0 Å². The van der Waals surface area contributed by atoms with Gasteiger partial charge in [-0.15, -0.1) is 0 Å². The van der Waals surface area contributed by atoms with E-state index < -0.39 is 78.4 Å². The predicted octanol–water partition coefficient (Wildman–Crippen LogP) is 8.61. The lowest BCUT2D eigenvalue weighted by Crippen LogP contribution is -2.30. The maximum absolute atomic E-state index is 12.7. The molecule has 0 bridgehead atoms. The van der Waals surface area contributed by atoms with Crippen LogP contribution < -0.4 is 0 Å². The number of hydrogen-bond donors (Lipinski definition) is 6. The summed E-state index contributed by atoms with van der Waals surface area (Å²) in [4.78, 5) is 52.6. The Kier molecular flexibility index (Phi) is 36.5. The molecule has 59 heavy (non-hydrogen) atoms. The molecule has 0 amide bonds. The minimum Gasteiger partial charge on any atom is -0.462 e. The summed E-state index contributed by atoms with van der Waals surface area (Å²) >= 11 is 0. The number of aliphatic hydroxyl groups excluding tert-OH is 3. The van der Waals surface area contributed by atoms with Gasteiger partial charge in [0.05, 0.1) is 32.0 Å². The number of phosphoric ester groups is 2. The monoisotopic (exact) mass is 882 g/mol. The van der Waals surface area contributed by atoms with Crippen molar-refractivity contribution in [3.63, 3.8) is 0 Å². The van der Waals surface area contributed by atoms with Crippen molar-refractivity contribution >= 4 is 27.6 Å². The van der Waals surface area contributed by atoms with Gasteiger partial charge in [-0.25, -0.2) is 9.13 Å². The number of aliphatic hydroxyl groups is 3. The molecule has 0 aliphatic heterocycles. The molecule has 17 heteroatoms. The number of esters is 2. The van der Waals surface area contributed by atoms with Crippen molar-refractivity contribution in [2.24, 2.45) is 0 Å². The smallest absolute Gasteiger partial charge is 0.462 e. The fourth-order valence-corrected chi connectivity index (χ4v) is 6.72. The first kappa shape index (κ1) is 57.0. The summed E-state index contributed by atoms with van der Waals surface area (Å²) in [7, 11) is -9.76. The second-order valence-electron chi connectivity index (χ2n) is 14.7. The van der Waals surface area contributed by atoms with Crippen LogP contribution in [0, 0.1) is 0 Å². The number of carbonyl (C=O) groups is 2. The molecule has 0 heterocycles. The molecule has 0 saturated carbocycles. The zero-order valence-electron chi connectivity index (χ0n) is 35.6. The third-order valence-electron chi connectivity index (χ3n) is 8.92. The number of phosphoric acid groups is 2. The Morgan fingerprint density at radius 2 is 1.00 bits per heavy atom. The highest BCUT2D eigenvalue weighted by Gasteiger charge is 2.28. The van der Waals surface area contributed by atoms with Gasteiger partial charge in [-0.2, -0.15) is 0 Å². The van der Waals surface area contributed by atoms with Gasteiger partial charge in [-0.05, 0) is 32.1 Å². The summed E-state index contributed by atoms with van der Waals surface area (Å²) in [5, 5.41) is 29.9. The predicted molar refractivity (Wildman–Crippen MR) is 228 cm³/mol. The molecule has 0 aromatic heterocycles. The fourth-order valence-electron chi connectivity index (χ4n) is 5.56. The quantitative estimate of drug-likeness (QED) is 0.0146. The van der Waals surface area contributed by atoms with Crippen molar-refractivity contribution in [1.29, 1.82) is 0 Å². The third-order valence-corrected chi connectivity index (χ3v) is 10.4. The molecule has 0 fully saturated rings. The average molecular weight is 883 g/mol. The number of allylic oxidation sites excluding steroid dienone is 6. The second kappa shape index (κ2) is 37.7. The van der Waals surface area contributed by atoms with E-state index in [0.29, 0.717) is 12.8 Å². The van der Waals surface area contributed by atoms with E-state index in [-0.39, 0.29) is 25.7 Å². The van der Waals surface area contributed by atoms with Gasteiger partial charge in [0.25, 0.3) is 0 Å². The average Bonchev–Trinajstić information content (AvgIpc) is 3.18. The summed E-state index contributed by atoms with van der Waals surface area (Å²) in [5.74, 6) is -1.26. The van der Waals surface area contributed by atoms with Crippen molar-refractivity contribution in [2.45, 2.75) is 180 Å². The lowest BCUT2D eigenvalue weighted by atomic mass is 10.0. The Morgan fingerprint density at radius 1 is 0.542 bits per heavy atom. The summed E-state index contributed by atoms with van der Waals surface area (Å²) in [6.07, 6.45) is 30.3. The minimum absolute atomic E-state index is 0.116. The maximum atomic E-state index is 12.7. The molecule has 15 nitrogen and oxygen atoms in total. The van der Waals surface area contributed by atoms with E-state index in [1.807, 2.05) is 24.3 Å². The minimum atomic E-state index is -4.89. The Balaban J connectivity index is 4.77. The Hall–Kier alpha value is -2.00. The lowest BCUT2D eigenvalue weighted by molar-refractivity contribution is -0.161. The van der Waals surface area contributed by atoms with Crippen molar-refractivity contribution in [1.82, 2.24) is 0 Å². The summed E-state index contributed by atoms with van der Waals surface area (Å²) < 4.78 is 47.5. The molecule has 0 spiro atoms. The SMILES string of the molecule is CCCCCCCCCCCCCCCC(=O)OC[C@H](COP(=O)(O)OC[C@@H](O)COP(=O)(O)O)OC(=O)CCC[C@H](O)/C=C/C=C\C/C=C\C=C\[C@H](O)CCCCC. The summed E-state index contributed by atoms with van der Waals surface area (Å²) in [6.45, 7) is 1.39. The van der Waals surface area contributed by atoms with Crippen molar-refractivity contribution in [3.05, 3.63) is 48.6 Å². The number of carbonyl (C=O) groups excluding carboxylic acids is 2. The van der Waals surface area contributed by atoms with Crippen molar-refractivity contribution < 1.29 is 71.8 Å². The lowest BCUT2D eigenvalue weighted by Gasteiger charge is -2.20. The normalized spacial score (nSPS) is 15.6. The van der Waals surface area contributed by atoms with Crippen LogP contribution in [-0.4, -0.2) is 92.8 Å². The highest BCUT2D eigenvalue weighted by Crippen LogP contribution is 2.43. The third kappa shape index (κ3) is 41.1. The zero-order valence-corrected chi connectivity index (χ0v) is 37.4. The highest BCUT2D eigenvalue weighted by atomic mass is 31.2. The molecule has 0 aliphatic rings. The molecular weight excluding hydrogens is 806 g/mol. The van der Waals surface area contributed by atoms with Crippen LogP contribution >= 0.6 is 15.6 Å². The van der Waals surface area contributed by atoms with E-state index in [9.17, 15) is 38.9 Å². The van der Waals surface area contributed by atoms with Gasteiger partial charge in [0.2, 0.25) is 0 Å². The molecule has 344 valence electrons. The summed E-state index contributed by atoms with van der Waals surface area (Å²) in [6, 6.07) is 0. The van der Waals surface area contributed by atoms with E-state index in [1.165, 1.54) is 57.8 Å². The first-order valence-corrected chi connectivity index (χ1v) is 24.6. The van der Waals surface area contributed by atoms with Crippen LogP contribution in [0.2, 0.25) is 0 Å². The molecule has 0 saturated heterocycles. The number of unbranched alkanes of at least 4 members (excludes halogenated alkanes) is 14.